The summed E-state index contributed by atoms with van der Waals surface area (Å²) >= 11 is 0. The third-order valence-corrected chi connectivity index (χ3v) is 3.60. The fourth-order valence-corrected chi connectivity index (χ4v) is 2.32. The van der Waals surface area contributed by atoms with Gasteiger partial charge in [0.2, 0.25) is 0 Å². The number of rotatable bonds is 7. The van der Waals surface area contributed by atoms with E-state index in [-0.39, 0.29) is 11.2 Å². The molecule has 0 bridgehead atoms. The molecule has 2 nitrogen and oxygen atoms in total. The maximum Gasteiger partial charge on any atom is 0.120 e. The number of ether oxygens (including phenoxy) is 2. The average Bonchev–Trinajstić information content (AvgIpc) is 2.47. The van der Waals surface area contributed by atoms with E-state index in [9.17, 15) is 0 Å². The van der Waals surface area contributed by atoms with Crippen molar-refractivity contribution in [3.05, 3.63) is 60.7 Å². The van der Waals surface area contributed by atoms with Crippen LogP contribution in [0.2, 0.25) is 0 Å². The first-order valence-corrected chi connectivity index (χ1v) is 7.84. The second-order valence-electron chi connectivity index (χ2n) is 6.85. The van der Waals surface area contributed by atoms with Gasteiger partial charge >= 0.3 is 0 Å². The van der Waals surface area contributed by atoms with Gasteiger partial charge in [0.1, 0.15) is 22.7 Å². The minimum atomic E-state index is -0.224. The Kier molecular flexibility index (Phi) is 5.12. The zero-order valence-corrected chi connectivity index (χ0v) is 14.0. The minimum absolute atomic E-state index is 0.224. The summed E-state index contributed by atoms with van der Waals surface area (Å²) in [5, 5.41) is 0. The first kappa shape index (κ1) is 16.4. The fourth-order valence-electron chi connectivity index (χ4n) is 2.32. The first-order valence-electron chi connectivity index (χ1n) is 7.84. The van der Waals surface area contributed by atoms with E-state index in [1.807, 2.05) is 60.7 Å². The van der Waals surface area contributed by atoms with E-state index >= 15 is 0 Å². The highest BCUT2D eigenvalue weighted by Gasteiger charge is 2.27. The van der Waals surface area contributed by atoms with Crippen LogP contribution in [0.1, 0.15) is 40.5 Å². The molecule has 0 aliphatic carbocycles. The standard InChI is InChI=1S/C20H26O2/c1-19(2,21-17-11-7-5-8-12-17)15-16-20(3,4)22-18-13-9-6-10-14-18/h5-14H,15-16H2,1-4H3. The summed E-state index contributed by atoms with van der Waals surface area (Å²) in [5.74, 6) is 1.82. The summed E-state index contributed by atoms with van der Waals surface area (Å²) in [4.78, 5) is 0. The Labute approximate surface area is 134 Å². The Balaban J connectivity index is 1.89. The molecule has 2 aromatic carbocycles. The second kappa shape index (κ2) is 6.87. The summed E-state index contributed by atoms with van der Waals surface area (Å²) in [7, 11) is 0. The molecular formula is C20H26O2. The van der Waals surface area contributed by atoms with Gasteiger partial charge in [-0.2, -0.15) is 0 Å². The van der Waals surface area contributed by atoms with Gasteiger partial charge in [0.05, 0.1) is 0 Å². The molecule has 2 rings (SSSR count). The Hall–Kier alpha value is -1.96. The van der Waals surface area contributed by atoms with Crippen LogP contribution in [0.5, 0.6) is 11.5 Å². The van der Waals surface area contributed by atoms with Gasteiger partial charge in [-0.25, -0.2) is 0 Å². The lowest BCUT2D eigenvalue weighted by Crippen LogP contribution is -2.35. The van der Waals surface area contributed by atoms with E-state index in [1.165, 1.54) is 0 Å². The van der Waals surface area contributed by atoms with Crippen molar-refractivity contribution in [2.24, 2.45) is 0 Å². The summed E-state index contributed by atoms with van der Waals surface area (Å²) in [6.07, 6.45) is 1.84. The quantitative estimate of drug-likeness (QED) is 0.673. The lowest BCUT2D eigenvalue weighted by molar-refractivity contribution is 0.0451. The Bertz CT molecular complexity index is 505. The van der Waals surface area contributed by atoms with Crippen molar-refractivity contribution in [2.75, 3.05) is 0 Å². The van der Waals surface area contributed by atoms with Gasteiger partial charge in [0.15, 0.2) is 0 Å². The molecular weight excluding hydrogens is 272 g/mol. The topological polar surface area (TPSA) is 18.5 Å². The number of para-hydroxylation sites is 2. The molecule has 0 radical (unpaired) electrons. The van der Waals surface area contributed by atoms with Crippen molar-refractivity contribution >= 4 is 0 Å². The van der Waals surface area contributed by atoms with E-state index in [2.05, 4.69) is 27.7 Å². The highest BCUT2D eigenvalue weighted by Crippen LogP contribution is 2.28. The minimum Gasteiger partial charge on any atom is -0.488 e. The lowest BCUT2D eigenvalue weighted by Gasteiger charge is -2.32. The van der Waals surface area contributed by atoms with Crippen molar-refractivity contribution < 1.29 is 9.47 Å². The molecule has 0 heterocycles. The van der Waals surface area contributed by atoms with Gasteiger partial charge in [0.25, 0.3) is 0 Å². The molecule has 0 amide bonds. The molecule has 0 saturated carbocycles. The van der Waals surface area contributed by atoms with Gasteiger partial charge in [0, 0.05) is 0 Å². The van der Waals surface area contributed by atoms with Crippen LogP contribution in [0.15, 0.2) is 60.7 Å². The Morgan fingerprint density at radius 1 is 0.591 bits per heavy atom. The highest BCUT2D eigenvalue weighted by molar-refractivity contribution is 5.22. The first-order chi connectivity index (χ1) is 10.4. The van der Waals surface area contributed by atoms with Crippen LogP contribution in [0.3, 0.4) is 0 Å². The van der Waals surface area contributed by atoms with Gasteiger partial charge in [-0.05, 0) is 64.8 Å². The molecule has 2 aromatic rings. The summed E-state index contributed by atoms with van der Waals surface area (Å²) in [6, 6.07) is 19.9. The smallest absolute Gasteiger partial charge is 0.120 e. The number of benzene rings is 2. The van der Waals surface area contributed by atoms with Crippen molar-refractivity contribution in [2.45, 2.75) is 51.7 Å². The van der Waals surface area contributed by atoms with Gasteiger partial charge in [-0.15, -0.1) is 0 Å². The molecule has 22 heavy (non-hydrogen) atoms. The zero-order chi connectivity index (χ0) is 16.1. The normalized spacial score (nSPS) is 12.0. The monoisotopic (exact) mass is 298 g/mol. The number of hydrogen-bond donors (Lipinski definition) is 0. The molecule has 0 spiro atoms. The van der Waals surface area contributed by atoms with Gasteiger partial charge in [-0.1, -0.05) is 36.4 Å². The van der Waals surface area contributed by atoms with Crippen LogP contribution in [-0.2, 0) is 0 Å². The van der Waals surface area contributed by atoms with Gasteiger partial charge < -0.3 is 9.47 Å². The third kappa shape index (κ3) is 5.44. The summed E-state index contributed by atoms with van der Waals surface area (Å²) < 4.78 is 12.2. The molecule has 0 saturated heterocycles. The fraction of sp³-hybridized carbons (Fsp3) is 0.400. The molecule has 0 aromatic heterocycles. The van der Waals surface area contributed by atoms with Crippen molar-refractivity contribution in [1.82, 2.24) is 0 Å². The Morgan fingerprint density at radius 2 is 0.909 bits per heavy atom. The van der Waals surface area contributed by atoms with Crippen LogP contribution in [-0.4, -0.2) is 11.2 Å². The molecule has 0 unspecified atom stereocenters. The maximum atomic E-state index is 6.09. The molecule has 0 N–H and O–H groups in total. The van der Waals surface area contributed by atoms with E-state index in [0.29, 0.717) is 0 Å². The molecule has 2 heteroatoms. The van der Waals surface area contributed by atoms with Crippen molar-refractivity contribution in [1.29, 1.82) is 0 Å². The van der Waals surface area contributed by atoms with Crippen LogP contribution in [0.25, 0.3) is 0 Å². The van der Waals surface area contributed by atoms with E-state index < -0.39 is 0 Å². The SMILES string of the molecule is CC(C)(CCC(C)(C)Oc1ccccc1)Oc1ccccc1. The van der Waals surface area contributed by atoms with E-state index in [4.69, 9.17) is 9.47 Å². The van der Waals surface area contributed by atoms with Crippen LogP contribution < -0.4 is 9.47 Å². The maximum absolute atomic E-state index is 6.09. The largest absolute Gasteiger partial charge is 0.488 e. The average molecular weight is 298 g/mol. The third-order valence-electron chi connectivity index (χ3n) is 3.60. The molecule has 0 aliphatic heterocycles. The van der Waals surface area contributed by atoms with Crippen molar-refractivity contribution in [3.63, 3.8) is 0 Å². The van der Waals surface area contributed by atoms with Crippen molar-refractivity contribution in [3.8, 4) is 11.5 Å². The molecule has 0 aliphatic rings. The predicted octanol–water partition coefficient (Wildman–Crippen LogP) is 5.48. The lowest BCUT2D eigenvalue weighted by atomic mass is 9.93. The summed E-state index contributed by atoms with van der Waals surface area (Å²) in [5.41, 5.74) is -0.447. The van der Waals surface area contributed by atoms with Gasteiger partial charge in [-0.3, -0.25) is 0 Å². The number of hydrogen-bond acceptors (Lipinski definition) is 2. The second-order valence-corrected chi connectivity index (χ2v) is 6.85. The molecule has 0 fully saturated rings. The predicted molar refractivity (Wildman–Crippen MR) is 91.5 cm³/mol. The van der Waals surface area contributed by atoms with E-state index in [1.54, 1.807) is 0 Å². The zero-order valence-electron chi connectivity index (χ0n) is 14.0. The molecule has 118 valence electrons. The van der Waals surface area contributed by atoms with Crippen LogP contribution in [0.4, 0.5) is 0 Å². The van der Waals surface area contributed by atoms with E-state index in [0.717, 1.165) is 24.3 Å². The van der Waals surface area contributed by atoms with Crippen LogP contribution in [0, 0.1) is 0 Å². The highest BCUT2D eigenvalue weighted by atomic mass is 16.5. The Morgan fingerprint density at radius 3 is 1.23 bits per heavy atom. The molecule has 0 atom stereocenters. The summed E-state index contributed by atoms with van der Waals surface area (Å²) in [6.45, 7) is 8.49. The van der Waals surface area contributed by atoms with Crippen LogP contribution >= 0.6 is 0 Å².